The Hall–Kier alpha value is -3.09. The average molecular weight is 433 g/mol. The lowest BCUT2D eigenvalue weighted by Crippen LogP contribution is -2.17. The van der Waals surface area contributed by atoms with Gasteiger partial charge < -0.3 is 10.1 Å². The van der Waals surface area contributed by atoms with E-state index in [0.29, 0.717) is 21.8 Å². The minimum atomic E-state index is -0.423. The number of fused-ring (bicyclic) bond motifs is 3. The lowest BCUT2D eigenvalue weighted by molar-refractivity contribution is 0.225. The molecular weight excluding hydrogens is 416 g/mol. The highest BCUT2D eigenvalue weighted by Crippen LogP contribution is 2.39. The predicted octanol–water partition coefficient (Wildman–Crippen LogP) is 5.99. The Balaban J connectivity index is 1.50. The summed E-state index contributed by atoms with van der Waals surface area (Å²) in [5, 5.41) is 13.5. The zero-order chi connectivity index (χ0) is 20.3. The van der Waals surface area contributed by atoms with E-state index in [1.807, 2.05) is 66.7 Å². The second-order valence-electron chi connectivity index (χ2n) is 6.76. The molecule has 7 heteroatoms. The van der Waals surface area contributed by atoms with Crippen LogP contribution in [0, 0.1) is 0 Å². The van der Waals surface area contributed by atoms with Crippen LogP contribution in [-0.2, 0) is 5.75 Å². The summed E-state index contributed by atoms with van der Waals surface area (Å²) < 4.78 is 6.28. The standard InChI is InChI=1S/C23H17ClN4OS/c24-17-12-10-16(11-13-17)21-25-19-9-5-4-8-18(19)20-22(29-21)26-23(28-27-20)30-14-15-6-2-1-3-7-15/h1-13,21,25H,14H2/t21-/m1/s1. The van der Waals surface area contributed by atoms with Gasteiger partial charge in [-0.25, -0.2) is 0 Å². The van der Waals surface area contributed by atoms with Crippen LogP contribution in [0.2, 0.25) is 5.02 Å². The molecule has 1 aliphatic rings. The minimum absolute atomic E-state index is 0.423. The fraction of sp³-hybridized carbons (Fsp3) is 0.0870. The number of rotatable bonds is 4. The number of para-hydroxylation sites is 1. The third-order valence-electron chi connectivity index (χ3n) is 4.72. The first-order valence-electron chi connectivity index (χ1n) is 9.46. The number of halogens is 1. The van der Waals surface area contributed by atoms with Crippen LogP contribution in [-0.4, -0.2) is 15.2 Å². The Morgan fingerprint density at radius 3 is 2.50 bits per heavy atom. The maximum absolute atomic E-state index is 6.28. The summed E-state index contributed by atoms with van der Waals surface area (Å²) in [7, 11) is 0. The summed E-state index contributed by atoms with van der Waals surface area (Å²) in [5.41, 5.74) is 4.59. The lowest BCUT2D eigenvalue weighted by Gasteiger charge is -2.19. The summed E-state index contributed by atoms with van der Waals surface area (Å²) in [6.45, 7) is 0. The Morgan fingerprint density at radius 2 is 1.67 bits per heavy atom. The molecule has 1 N–H and O–H groups in total. The first kappa shape index (κ1) is 18.9. The molecule has 1 atom stereocenters. The molecule has 0 bridgehead atoms. The van der Waals surface area contributed by atoms with Gasteiger partial charge in [0.05, 0.1) is 0 Å². The van der Waals surface area contributed by atoms with Crippen molar-refractivity contribution >= 4 is 29.1 Å². The van der Waals surface area contributed by atoms with Gasteiger partial charge in [-0.2, -0.15) is 4.98 Å². The molecule has 0 aliphatic carbocycles. The smallest absolute Gasteiger partial charge is 0.247 e. The second kappa shape index (κ2) is 8.34. The molecule has 0 amide bonds. The second-order valence-corrected chi connectivity index (χ2v) is 8.14. The number of anilines is 1. The van der Waals surface area contributed by atoms with Crippen molar-refractivity contribution in [2.24, 2.45) is 0 Å². The van der Waals surface area contributed by atoms with E-state index in [9.17, 15) is 0 Å². The molecule has 1 aromatic heterocycles. The number of ether oxygens (including phenoxy) is 1. The van der Waals surface area contributed by atoms with Crippen LogP contribution in [0.5, 0.6) is 5.88 Å². The summed E-state index contributed by atoms with van der Waals surface area (Å²) in [6.07, 6.45) is -0.423. The number of hydrogen-bond donors (Lipinski definition) is 1. The molecule has 1 aliphatic heterocycles. The van der Waals surface area contributed by atoms with E-state index in [1.165, 1.54) is 17.3 Å². The van der Waals surface area contributed by atoms with E-state index >= 15 is 0 Å². The number of nitrogens with one attached hydrogen (secondary N) is 1. The van der Waals surface area contributed by atoms with Crippen LogP contribution in [0.4, 0.5) is 5.69 Å². The van der Waals surface area contributed by atoms with Gasteiger partial charge in [-0.1, -0.05) is 84.0 Å². The first-order chi connectivity index (χ1) is 14.8. The zero-order valence-corrected chi connectivity index (χ0v) is 17.4. The minimum Gasteiger partial charge on any atom is -0.448 e. The van der Waals surface area contributed by atoms with Gasteiger partial charge in [-0.05, 0) is 23.8 Å². The fourth-order valence-electron chi connectivity index (χ4n) is 3.22. The van der Waals surface area contributed by atoms with Crippen LogP contribution in [0.15, 0.2) is 84.0 Å². The fourth-order valence-corrected chi connectivity index (χ4v) is 4.08. The number of nitrogens with zero attached hydrogens (tertiary/aromatic N) is 3. The maximum Gasteiger partial charge on any atom is 0.247 e. The summed E-state index contributed by atoms with van der Waals surface area (Å²) >= 11 is 7.59. The van der Waals surface area contributed by atoms with Crippen molar-refractivity contribution in [3.05, 3.63) is 95.0 Å². The molecule has 2 heterocycles. The molecule has 5 nitrogen and oxygen atoms in total. The summed E-state index contributed by atoms with van der Waals surface area (Å²) in [6, 6.07) is 25.7. The van der Waals surface area contributed by atoms with Crippen molar-refractivity contribution in [2.45, 2.75) is 17.1 Å². The van der Waals surface area contributed by atoms with Gasteiger partial charge in [0.15, 0.2) is 11.9 Å². The van der Waals surface area contributed by atoms with Gasteiger partial charge in [0.25, 0.3) is 0 Å². The molecule has 5 rings (SSSR count). The van der Waals surface area contributed by atoms with Crippen molar-refractivity contribution in [1.29, 1.82) is 0 Å². The number of hydrogen-bond acceptors (Lipinski definition) is 6. The van der Waals surface area contributed by atoms with E-state index in [1.54, 1.807) is 0 Å². The lowest BCUT2D eigenvalue weighted by atomic mass is 10.1. The van der Waals surface area contributed by atoms with Crippen LogP contribution >= 0.6 is 23.4 Å². The van der Waals surface area contributed by atoms with Crippen molar-refractivity contribution in [3.63, 3.8) is 0 Å². The molecule has 0 fully saturated rings. The number of benzene rings is 3. The molecular formula is C23H17ClN4OS. The van der Waals surface area contributed by atoms with Gasteiger partial charge >= 0.3 is 0 Å². The van der Waals surface area contributed by atoms with Crippen LogP contribution in [0.1, 0.15) is 17.4 Å². The van der Waals surface area contributed by atoms with Crippen LogP contribution < -0.4 is 10.1 Å². The third kappa shape index (κ3) is 3.97. The molecule has 0 unspecified atom stereocenters. The van der Waals surface area contributed by atoms with E-state index in [-0.39, 0.29) is 0 Å². The molecule has 4 aromatic rings. The molecule has 0 saturated heterocycles. The van der Waals surface area contributed by atoms with Crippen molar-refractivity contribution in [2.75, 3.05) is 5.32 Å². The SMILES string of the molecule is Clc1ccc([C@@H]2Nc3ccccc3-c3nnc(SCc4ccccc4)nc3O2)cc1. The van der Waals surface area contributed by atoms with Crippen LogP contribution in [0.3, 0.4) is 0 Å². The van der Waals surface area contributed by atoms with Crippen molar-refractivity contribution in [3.8, 4) is 17.1 Å². The quantitative estimate of drug-likeness (QED) is 0.400. The van der Waals surface area contributed by atoms with E-state index in [4.69, 9.17) is 16.3 Å². The average Bonchev–Trinajstić information content (AvgIpc) is 2.95. The van der Waals surface area contributed by atoms with Crippen molar-refractivity contribution < 1.29 is 4.74 Å². The highest BCUT2D eigenvalue weighted by Gasteiger charge is 2.26. The molecule has 3 aromatic carbocycles. The van der Waals surface area contributed by atoms with Gasteiger partial charge in [0.1, 0.15) is 0 Å². The monoisotopic (exact) mass is 432 g/mol. The van der Waals surface area contributed by atoms with Gasteiger partial charge in [0.2, 0.25) is 11.0 Å². The van der Waals surface area contributed by atoms with E-state index in [2.05, 4.69) is 32.6 Å². The summed E-state index contributed by atoms with van der Waals surface area (Å²) in [4.78, 5) is 4.68. The zero-order valence-electron chi connectivity index (χ0n) is 15.8. The Labute approximate surface area is 183 Å². The molecule has 0 spiro atoms. The number of thioether (sulfide) groups is 1. The Morgan fingerprint density at radius 1 is 0.900 bits per heavy atom. The van der Waals surface area contributed by atoms with Crippen molar-refractivity contribution in [1.82, 2.24) is 15.2 Å². The summed E-state index contributed by atoms with van der Waals surface area (Å²) in [5.74, 6) is 1.22. The normalized spacial score (nSPS) is 14.6. The molecule has 0 radical (unpaired) electrons. The number of aromatic nitrogens is 3. The van der Waals surface area contributed by atoms with E-state index < -0.39 is 6.23 Å². The van der Waals surface area contributed by atoms with Crippen LogP contribution in [0.25, 0.3) is 11.3 Å². The van der Waals surface area contributed by atoms with Gasteiger partial charge in [0, 0.05) is 27.6 Å². The largest absolute Gasteiger partial charge is 0.448 e. The third-order valence-corrected chi connectivity index (χ3v) is 5.88. The van der Waals surface area contributed by atoms with Gasteiger partial charge in [-0.15, -0.1) is 10.2 Å². The maximum atomic E-state index is 6.28. The molecule has 148 valence electrons. The topological polar surface area (TPSA) is 59.9 Å². The molecule has 30 heavy (non-hydrogen) atoms. The van der Waals surface area contributed by atoms with Gasteiger partial charge in [-0.3, -0.25) is 0 Å². The first-order valence-corrected chi connectivity index (χ1v) is 10.8. The van der Waals surface area contributed by atoms with E-state index in [0.717, 1.165) is 22.6 Å². The molecule has 0 saturated carbocycles. The highest BCUT2D eigenvalue weighted by molar-refractivity contribution is 7.98. The predicted molar refractivity (Wildman–Crippen MR) is 120 cm³/mol. The Bertz CT molecular complexity index is 1170. The highest BCUT2D eigenvalue weighted by atomic mass is 35.5. The Kier molecular flexibility index (Phi) is 5.26.